The van der Waals surface area contributed by atoms with Gasteiger partial charge in [-0.1, -0.05) is 27.5 Å². The number of hydrogen-bond donors (Lipinski definition) is 0. The number of halogens is 3. The Morgan fingerprint density at radius 3 is 2.53 bits per heavy atom. The number of aryl methyl sites for hydroxylation is 3. The van der Waals surface area contributed by atoms with Gasteiger partial charge in [-0.2, -0.15) is 0 Å². The summed E-state index contributed by atoms with van der Waals surface area (Å²) in [5, 5.41) is 0.745. The standard InChI is InChI=1S/C26H26Br2ClN4O/c1-31-6-4-17(5-7-31)12-23(34)32-8-10-33(11-9-32)26-24-18(14-21(29)15-22(24)28)2-3-19-13-20(27)16-30-25(19)26/h4-7,13-16,26H,2-3,8-12H2,1H3/q+1/t26-/m1/s1. The zero-order chi connectivity index (χ0) is 23.8. The highest BCUT2D eigenvalue weighted by Crippen LogP contribution is 2.41. The number of amides is 1. The topological polar surface area (TPSA) is 40.3 Å². The summed E-state index contributed by atoms with van der Waals surface area (Å²) in [6.07, 6.45) is 8.14. The van der Waals surface area contributed by atoms with E-state index in [1.165, 1.54) is 16.7 Å². The van der Waals surface area contributed by atoms with Crippen molar-refractivity contribution in [3.63, 3.8) is 0 Å². The Morgan fingerprint density at radius 2 is 1.79 bits per heavy atom. The first-order valence-electron chi connectivity index (χ1n) is 11.5. The monoisotopic (exact) mass is 603 g/mol. The van der Waals surface area contributed by atoms with Gasteiger partial charge in [-0.25, -0.2) is 4.57 Å². The van der Waals surface area contributed by atoms with E-state index in [4.69, 9.17) is 16.6 Å². The molecule has 0 saturated carbocycles. The quantitative estimate of drug-likeness (QED) is 0.408. The Balaban J connectivity index is 1.40. The summed E-state index contributed by atoms with van der Waals surface area (Å²) in [5.74, 6) is 0.185. The van der Waals surface area contributed by atoms with E-state index in [0.29, 0.717) is 19.5 Å². The number of pyridine rings is 2. The highest BCUT2D eigenvalue weighted by atomic mass is 79.9. The Hall–Kier alpha value is -1.80. The molecule has 5 rings (SSSR count). The van der Waals surface area contributed by atoms with E-state index in [1.54, 1.807) is 0 Å². The molecule has 5 nitrogen and oxygen atoms in total. The molecule has 0 N–H and O–H groups in total. The number of nitrogens with zero attached hydrogens (tertiary/aromatic N) is 4. The maximum atomic E-state index is 13.0. The lowest BCUT2D eigenvalue weighted by Crippen LogP contribution is -2.50. The molecule has 1 aliphatic carbocycles. The second-order valence-electron chi connectivity index (χ2n) is 9.03. The molecule has 2 aliphatic rings. The molecular weight excluding hydrogens is 580 g/mol. The van der Waals surface area contributed by atoms with Crippen LogP contribution in [0.4, 0.5) is 0 Å². The van der Waals surface area contributed by atoms with Crippen molar-refractivity contribution in [2.24, 2.45) is 7.05 Å². The molecule has 1 atom stereocenters. The minimum Gasteiger partial charge on any atom is -0.340 e. The smallest absolute Gasteiger partial charge is 0.227 e. The van der Waals surface area contributed by atoms with Crippen LogP contribution < -0.4 is 4.57 Å². The van der Waals surface area contributed by atoms with Gasteiger partial charge in [-0.3, -0.25) is 14.7 Å². The van der Waals surface area contributed by atoms with Gasteiger partial charge in [0.05, 0.1) is 18.2 Å². The number of carbonyl (C=O) groups is 1. The lowest BCUT2D eigenvalue weighted by molar-refractivity contribution is -0.671. The molecule has 1 amide bonds. The fraction of sp³-hybridized carbons (Fsp3) is 0.346. The molecule has 1 aromatic carbocycles. The van der Waals surface area contributed by atoms with Crippen LogP contribution in [0.2, 0.25) is 5.02 Å². The second kappa shape index (κ2) is 10.1. The van der Waals surface area contributed by atoms with Crippen LogP contribution in [0.1, 0.15) is 34.0 Å². The number of hydrogen-bond acceptors (Lipinski definition) is 3. The Bertz CT molecular complexity index is 1230. The molecule has 2 aromatic heterocycles. The fourth-order valence-electron chi connectivity index (χ4n) is 5.02. The van der Waals surface area contributed by atoms with Crippen LogP contribution in [0.25, 0.3) is 0 Å². The first-order valence-corrected chi connectivity index (χ1v) is 13.4. The zero-order valence-corrected chi connectivity index (χ0v) is 22.9. The molecule has 0 unspecified atom stereocenters. The Labute approximate surface area is 222 Å². The number of benzene rings is 1. The summed E-state index contributed by atoms with van der Waals surface area (Å²) in [6.45, 7) is 3.02. The maximum absolute atomic E-state index is 13.0. The van der Waals surface area contributed by atoms with E-state index in [0.717, 1.165) is 51.2 Å². The van der Waals surface area contributed by atoms with Gasteiger partial charge in [0, 0.05) is 58.5 Å². The molecule has 0 bridgehead atoms. The average Bonchev–Trinajstić information content (AvgIpc) is 2.97. The van der Waals surface area contributed by atoms with E-state index in [9.17, 15) is 4.79 Å². The van der Waals surface area contributed by atoms with Crippen molar-refractivity contribution in [2.45, 2.75) is 25.3 Å². The average molecular weight is 606 g/mol. The molecule has 1 fully saturated rings. The van der Waals surface area contributed by atoms with Gasteiger partial charge in [0.25, 0.3) is 0 Å². The molecule has 8 heteroatoms. The first kappa shape index (κ1) is 23.9. The van der Waals surface area contributed by atoms with Gasteiger partial charge in [0.1, 0.15) is 7.05 Å². The van der Waals surface area contributed by atoms with Crippen LogP contribution in [-0.4, -0.2) is 46.9 Å². The maximum Gasteiger partial charge on any atom is 0.227 e. The van der Waals surface area contributed by atoms with Crippen molar-refractivity contribution in [3.8, 4) is 0 Å². The lowest BCUT2D eigenvalue weighted by atomic mass is 9.96. The molecule has 1 aliphatic heterocycles. The van der Waals surface area contributed by atoms with Crippen LogP contribution in [0.3, 0.4) is 0 Å². The molecule has 3 aromatic rings. The van der Waals surface area contributed by atoms with Crippen molar-refractivity contribution in [3.05, 3.63) is 90.8 Å². The van der Waals surface area contributed by atoms with Crippen molar-refractivity contribution in [2.75, 3.05) is 26.2 Å². The van der Waals surface area contributed by atoms with E-state index < -0.39 is 0 Å². The third kappa shape index (κ3) is 4.94. The van der Waals surface area contributed by atoms with Gasteiger partial charge in [0.2, 0.25) is 5.91 Å². The van der Waals surface area contributed by atoms with Crippen LogP contribution in [0, 0.1) is 0 Å². The van der Waals surface area contributed by atoms with Crippen molar-refractivity contribution >= 4 is 49.4 Å². The molecule has 34 heavy (non-hydrogen) atoms. The molecule has 1 saturated heterocycles. The van der Waals surface area contributed by atoms with Gasteiger partial charge >= 0.3 is 0 Å². The first-order chi connectivity index (χ1) is 16.4. The van der Waals surface area contributed by atoms with Crippen LogP contribution >= 0.6 is 43.5 Å². The molecular formula is C26H26Br2ClN4O+. The van der Waals surface area contributed by atoms with Gasteiger partial charge < -0.3 is 4.90 Å². The molecule has 3 heterocycles. The third-order valence-electron chi connectivity index (χ3n) is 6.78. The summed E-state index contributed by atoms with van der Waals surface area (Å²) >= 11 is 13.8. The largest absolute Gasteiger partial charge is 0.340 e. The minimum absolute atomic E-state index is 0.0265. The van der Waals surface area contributed by atoms with Gasteiger partial charge in [-0.05, 0) is 69.2 Å². The summed E-state index contributed by atoms with van der Waals surface area (Å²) in [4.78, 5) is 22.3. The third-order valence-corrected chi connectivity index (χ3v) is 8.09. The van der Waals surface area contributed by atoms with Crippen LogP contribution in [0.5, 0.6) is 0 Å². The van der Waals surface area contributed by atoms with E-state index in [1.807, 2.05) is 53.3 Å². The van der Waals surface area contributed by atoms with Crippen LogP contribution in [0.15, 0.2) is 57.9 Å². The zero-order valence-electron chi connectivity index (χ0n) is 19.0. The molecule has 176 valence electrons. The lowest BCUT2D eigenvalue weighted by Gasteiger charge is -2.40. The van der Waals surface area contributed by atoms with Crippen LogP contribution in [-0.2, 0) is 31.1 Å². The highest BCUT2D eigenvalue weighted by Gasteiger charge is 2.34. The summed E-state index contributed by atoms with van der Waals surface area (Å²) in [6, 6.07) is 10.3. The van der Waals surface area contributed by atoms with Crippen molar-refractivity contribution in [1.29, 1.82) is 0 Å². The molecule has 0 spiro atoms. The summed E-state index contributed by atoms with van der Waals surface area (Å²) < 4.78 is 4.00. The minimum atomic E-state index is 0.0265. The predicted molar refractivity (Wildman–Crippen MR) is 140 cm³/mol. The number of fused-ring (bicyclic) bond motifs is 2. The normalized spacial score (nSPS) is 18.2. The van der Waals surface area contributed by atoms with Crippen molar-refractivity contribution < 1.29 is 9.36 Å². The van der Waals surface area contributed by atoms with Gasteiger partial charge in [0.15, 0.2) is 12.4 Å². The highest BCUT2D eigenvalue weighted by molar-refractivity contribution is 9.10. The number of rotatable bonds is 3. The molecule has 0 radical (unpaired) electrons. The fourth-order valence-corrected chi connectivity index (χ4v) is 6.49. The predicted octanol–water partition coefficient (Wildman–Crippen LogP) is 4.66. The van der Waals surface area contributed by atoms with Gasteiger partial charge in [-0.15, -0.1) is 0 Å². The summed E-state index contributed by atoms with van der Waals surface area (Å²) in [5.41, 5.74) is 5.91. The van der Waals surface area contributed by atoms with Crippen molar-refractivity contribution in [1.82, 2.24) is 14.8 Å². The SMILES string of the molecule is C[n+]1ccc(CC(=O)N2CCN([C@H]3c4ncc(Br)cc4CCc4cc(Cl)cc(Br)c43)CC2)cc1. The van der Waals surface area contributed by atoms with E-state index >= 15 is 0 Å². The Morgan fingerprint density at radius 1 is 1.09 bits per heavy atom. The number of aromatic nitrogens is 2. The van der Waals surface area contributed by atoms with E-state index in [2.05, 4.69) is 48.9 Å². The number of carbonyl (C=O) groups excluding carboxylic acids is 1. The Kier molecular flexibility index (Phi) is 7.07. The second-order valence-corrected chi connectivity index (χ2v) is 11.2. The van der Waals surface area contributed by atoms with E-state index in [-0.39, 0.29) is 11.9 Å². The summed E-state index contributed by atoms with van der Waals surface area (Å²) in [7, 11) is 1.98. The number of piperazine rings is 1.